The highest BCUT2D eigenvalue weighted by atomic mass is 15.3. The highest BCUT2D eigenvalue weighted by Crippen LogP contribution is 2.48. The number of para-hydroxylation sites is 8. The quantitative estimate of drug-likeness (QED) is 0.119. The first-order valence-corrected chi connectivity index (χ1v) is 46.4. The number of rotatable bonds is 8. The van der Waals surface area contributed by atoms with Crippen LogP contribution in [-0.4, -0.2) is 86.7 Å². The summed E-state index contributed by atoms with van der Waals surface area (Å²) in [5.74, 6) is 6.33. The van der Waals surface area contributed by atoms with Crippen LogP contribution in [0.15, 0.2) is 392 Å². The number of aromatic nitrogens is 20. The summed E-state index contributed by atoms with van der Waals surface area (Å²) in [4.78, 5) is 75.2. The van der Waals surface area contributed by atoms with Crippen molar-refractivity contribution in [3.63, 3.8) is 0 Å². The zero-order valence-corrected chi connectivity index (χ0v) is 77.8. The number of nitrogens with zero attached hydrogens (tertiary/aromatic N) is 28. The second-order valence-electron chi connectivity index (χ2n) is 35.5. The van der Waals surface area contributed by atoms with Crippen LogP contribution >= 0.6 is 0 Å². The van der Waals surface area contributed by atoms with Gasteiger partial charge in [-0.1, -0.05) is 172 Å². The number of aryl methyl sites for hydroxylation is 8. The summed E-state index contributed by atoms with van der Waals surface area (Å²) < 4.78 is 17.3. The van der Waals surface area contributed by atoms with E-state index < -0.39 is 0 Å². The summed E-state index contributed by atoms with van der Waals surface area (Å²) in [5.41, 5.74) is 31.8. The molecule has 0 saturated heterocycles. The van der Waals surface area contributed by atoms with Gasteiger partial charge in [0.15, 0.2) is 95.2 Å². The van der Waals surface area contributed by atoms with Crippen molar-refractivity contribution in [1.82, 2.24) is 59.8 Å². The van der Waals surface area contributed by atoms with E-state index in [0.29, 0.717) is 0 Å². The van der Waals surface area contributed by atoms with Gasteiger partial charge in [0.1, 0.15) is 97.1 Å². The third-order valence-electron chi connectivity index (χ3n) is 27.6. The molecule has 9 aromatic carbocycles. The van der Waals surface area contributed by atoms with E-state index in [0.717, 1.165) is 176 Å². The Bertz CT molecular complexity index is 6870. The molecule has 0 saturated carbocycles. The molecule has 32 heteroatoms. The topological polar surface area (TPSA) is 212 Å². The van der Waals surface area contributed by atoms with Gasteiger partial charge in [-0.2, -0.15) is 0 Å². The van der Waals surface area contributed by atoms with Crippen molar-refractivity contribution in [3.8, 4) is 0 Å². The lowest BCUT2D eigenvalue weighted by atomic mass is 9.36. The van der Waals surface area contributed by atoms with Crippen LogP contribution in [-0.2, 0) is 56.4 Å². The minimum Gasteiger partial charge on any atom is -0.305 e. The summed E-state index contributed by atoms with van der Waals surface area (Å²) in [6.07, 6.45) is 38.3. The van der Waals surface area contributed by atoms with Gasteiger partial charge in [-0.3, -0.25) is 39.3 Å². The van der Waals surface area contributed by atoms with Gasteiger partial charge < -0.3 is 4.90 Å². The molecule has 0 fully saturated rings. The van der Waals surface area contributed by atoms with Crippen LogP contribution in [0.3, 0.4) is 0 Å². The van der Waals surface area contributed by atoms with Crippen LogP contribution < -0.4 is 142 Å². The van der Waals surface area contributed by atoms with Crippen LogP contribution in [0.4, 0.5) is 137 Å². The van der Waals surface area contributed by atoms with Crippen molar-refractivity contribution in [2.75, 3.05) is 39.2 Å². The van der Waals surface area contributed by atoms with Crippen LogP contribution in [0.2, 0.25) is 0 Å². The van der Waals surface area contributed by atoms with E-state index in [1.165, 1.54) is 27.6 Å². The molecule has 20 aromatic rings. The van der Waals surface area contributed by atoms with Crippen LogP contribution in [0.5, 0.6) is 0 Å². The molecule has 0 aliphatic carbocycles. The zero-order chi connectivity index (χ0) is 94.1. The van der Waals surface area contributed by atoms with E-state index in [9.17, 15) is 0 Å². The predicted molar refractivity (Wildman–Crippen MR) is 545 cm³/mol. The Labute approximate surface area is 809 Å². The Morgan fingerprint density at radius 1 is 0.179 bits per heavy atom. The molecule has 0 radical (unpaired) electrons. The van der Waals surface area contributed by atoms with E-state index in [1.54, 1.807) is 6.33 Å². The molecule has 28 nitrogen and oxygen atoms in total. The predicted octanol–water partition coefficient (Wildman–Crippen LogP) is 6.41. The fraction of sp³-hybridized carbons (Fsp3) is 0.0741. The summed E-state index contributed by atoms with van der Waals surface area (Å²) >= 11 is 0. The molecule has 0 bridgehead atoms. The number of hydrogen-bond acceptors (Lipinski definition) is 20. The highest BCUT2D eigenvalue weighted by molar-refractivity contribution is 7.00. The molecule has 664 valence electrons. The number of hydrogen-bond donors (Lipinski definition) is 0. The zero-order valence-electron chi connectivity index (χ0n) is 77.8. The van der Waals surface area contributed by atoms with Crippen LogP contribution in [0.25, 0.3) is 0 Å². The SMILES string of the molecule is C[n+]1ccnc2c1B1c3c(cccc3N(c3ccccc3)c3ncc[n+](C)c31)N2c1ccccc1.C[n+]1ccnc2c1B1c3c(cncc3N(c3ccccc3)c3ncc[n+](C)c31)N2c1ccccc1.C[n+]1cncc2c1B1c3c(ccnc3N(c3ccccc3)c3cnc[n+](C)c31)N2c1ccccc1.C[n+]1cncc2c1B1c3c(ncnc3N(c3ccccc3)c3cnc[n+](C)c31)N2c1ccccc1. The highest BCUT2D eigenvalue weighted by Gasteiger charge is 2.59. The molecule has 28 rings (SSSR count). The van der Waals surface area contributed by atoms with Crippen LogP contribution in [0, 0.1) is 0 Å². The molecule has 0 amide bonds. The average molecular weight is 1820 g/mol. The number of fused-ring (bicyclic) bond motifs is 16. The largest absolute Gasteiger partial charge is 0.420 e. The molecule has 19 heterocycles. The Morgan fingerprint density at radius 2 is 0.407 bits per heavy atom. The normalized spacial score (nSPS) is 13.3. The molecular weight excluding hydrogens is 1730 g/mol. The minimum atomic E-state index is -0.0906. The molecule has 8 aliphatic heterocycles. The molecular formula is C108H88B4N28+8. The van der Waals surface area contributed by atoms with Crippen LogP contribution in [0.1, 0.15) is 0 Å². The van der Waals surface area contributed by atoms with Gasteiger partial charge >= 0.3 is 26.9 Å². The molecule has 0 spiro atoms. The van der Waals surface area contributed by atoms with Crippen molar-refractivity contribution in [2.45, 2.75) is 0 Å². The van der Waals surface area contributed by atoms with E-state index in [1.807, 2.05) is 193 Å². The molecule has 0 atom stereocenters. The van der Waals surface area contributed by atoms with Gasteiger partial charge in [0.25, 0.3) is 25.3 Å². The minimum absolute atomic E-state index is 0.0106. The van der Waals surface area contributed by atoms with Crippen molar-refractivity contribution in [1.29, 1.82) is 0 Å². The Kier molecular flexibility index (Phi) is 20.2. The van der Waals surface area contributed by atoms with E-state index in [4.69, 9.17) is 39.9 Å². The van der Waals surface area contributed by atoms with Crippen molar-refractivity contribution >= 4 is 231 Å². The average Bonchev–Trinajstić information content (AvgIpc) is 0.709. The standard InChI is InChI=1S/C28H23BN6.2C27H22BN7.C26H21BN8/c1-32-18-16-30-27-25(32)29-24-22(34(27)20-10-5-3-6-11-20)14-9-15-23(24)35(21-12-7-4-8-13-21)28-26(29)33(2)19-17-31-28;1-32-15-13-30-26-24(32)28-23-21(34(26)19-9-5-3-6-10-19)17-29-18-22(23)35(20-11-7-4-8-12-20)27-25(28)33(2)16-14-31-27;1-32-17-29-15-22-25(32)28-24-21(34(22)19-9-5-3-6-10-19)13-14-31-27(24)35(20-11-7-4-8-12-20)23-16-30-18-33(2)26(23)28;1-32-16-28-13-20-23(32)27-22-25(34(20)18-9-5-3-6-10-18)30-15-31-26(22)35(19-11-7-4-8-12-19)21-14-29-17-33(2)24(21)27/h3-19H,1-2H3;2*3-18H,1-2H3;3-17H,1-2H3/q4*+2. The maximum Gasteiger partial charge on any atom is 0.420 e. The van der Waals surface area contributed by atoms with Gasteiger partial charge in [-0.15, -0.1) is 0 Å². The fourth-order valence-corrected chi connectivity index (χ4v) is 21.9. The Hall–Kier alpha value is -18.3. The monoisotopic (exact) mass is 1820 g/mol. The summed E-state index contributed by atoms with van der Waals surface area (Å²) in [6.45, 7) is -0.180. The number of benzene rings is 9. The smallest absolute Gasteiger partial charge is 0.305 e. The van der Waals surface area contributed by atoms with Gasteiger partial charge in [-0.05, 0) is 126 Å². The maximum atomic E-state index is 4.97. The van der Waals surface area contributed by atoms with Gasteiger partial charge in [-0.25, -0.2) is 71.4 Å². The summed E-state index contributed by atoms with van der Waals surface area (Å²) in [6, 6.07) is 91.9. The molecule has 8 aliphatic rings. The van der Waals surface area contributed by atoms with E-state index in [-0.39, 0.29) is 26.9 Å². The number of anilines is 24. The van der Waals surface area contributed by atoms with Crippen molar-refractivity contribution < 1.29 is 36.5 Å². The van der Waals surface area contributed by atoms with Crippen molar-refractivity contribution in [3.05, 3.63) is 392 Å². The van der Waals surface area contributed by atoms with E-state index >= 15 is 0 Å². The summed E-state index contributed by atoms with van der Waals surface area (Å²) in [5, 5.41) is 0. The maximum absolute atomic E-state index is 4.97. The Morgan fingerprint density at radius 3 is 0.714 bits per heavy atom. The molecule has 0 N–H and O–H groups in total. The lowest BCUT2D eigenvalue weighted by Crippen LogP contribution is -2.75. The third kappa shape index (κ3) is 13.2. The fourth-order valence-electron chi connectivity index (χ4n) is 21.9. The first kappa shape index (κ1) is 83.5. The first-order chi connectivity index (χ1) is 68.9. The van der Waals surface area contributed by atoms with Gasteiger partial charge in [0.2, 0.25) is 0 Å². The first-order valence-electron chi connectivity index (χ1n) is 46.4. The molecule has 11 aromatic heterocycles. The third-order valence-corrected chi connectivity index (χ3v) is 27.6. The summed E-state index contributed by atoms with van der Waals surface area (Å²) in [7, 11) is 16.6. The second kappa shape index (κ2) is 33.9. The second-order valence-corrected chi connectivity index (χ2v) is 35.5. The lowest BCUT2D eigenvalue weighted by Gasteiger charge is -2.40. The Balaban J connectivity index is 0.0000000985. The van der Waals surface area contributed by atoms with E-state index in [2.05, 4.69) is 344 Å². The number of pyridine rings is 2. The van der Waals surface area contributed by atoms with Gasteiger partial charge in [0, 0.05) is 79.7 Å². The van der Waals surface area contributed by atoms with Gasteiger partial charge in [0.05, 0.1) is 76.7 Å². The molecule has 140 heavy (non-hydrogen) atoms. The van der Waals surface area contributed by atoms with Crippen molar-refractivity contribution in [2.24, 2.45) is 56.4 Å². The molecule has 0 unspecified atom stereocenters. The lowest BCUT2D eigenvalue weighted by molar-refractivity contribution is -0.661.